The van der Waals surface area contributed by atoms with E-state index in [4.69, 9.17) is 0 Å². The van der Waals surface area contributed by atoms with Gasteiger partial charge in [0.25, 0.3) is 5.91 Å². The molecule has 2 N–H and O–H groups in total. The second kappa shape index (κ2) is 8.38. The number of nitrogens with zero attached hydrogens (tertiary/aromatic N) is 1. The largest absolute Gasteiger partial charge is 0.352 e. The Labute approximate surface area is 176 Å². The summed E-state index contributed by atoms with van der Waals surface area (Å²) in [6.07, 6.45) is 5.09. The lowest BCUT2D eigenvalue weighted by Crippen LogP contribution is -2.56. The molecular weight excluding hydrogens is 386 g/mol. The molecule has 3 aliphatic rings. The van der Waals surface area contributed by atoms with Crippen LogP contribution in [0.2, 0.25) is 0 Å². The molecule has 1 aromatic rings. The monoisotopic (exact) mass is 415 g/mol. The summed E-state index contributed by atoms with van der Waals surface area (Å²) in [6.45, 7) is 4.01. The molecule has 4 rings (SSSR count). The highest BCUT2D eigenvalue weighted by atomic mass is 32.2. The van der Waals surface area contributed by atoms with Gasteiger partial charge in [0, 0.05) is 17.4 Å². The lowest BCUT2D eigenvalue weighted by Gasteiger charge is -2.28. The van der Waals surface area contributed by atoms with Crippen LogP contribution in [-0.4, -0.2) is 46.5 Å². The van der Waals surface area contributed by atoms with Gasteiger partial charge < -0.3 is 15.5 Å². The van der Waals surface area contributed by atoms with E-state index < -0.39 is 12.1 Å². The van der Waals surface area contributed by atoms with E-state index in [1.807, 2.05) is 38.1 Å². The van der Waals surface area contributed by atoms with Gasteiger partial charge in [-0.3, -0.25) is 14.4 Å². The lowest BCUT2D eigenvalue weighted by atomic mass is 9.97. The smallest absolute Gasteiger partial charge is 0.256 e. The molecule has 0 radical (unpaired) electrons. The summed E-state index contributed by atoms with van der Waals surface area (Å²) in [5.41, 5.74) is 1.66. The summed E-state index contributed by atoms with van der Waals surface area (Å²) >= 11 is 1.62. The Morgan fingerprint density at radius 1 is 1.24 bits per heavy atom. The Balaban J connectivity index is 1.47. The molecule has 7 heteroatoms. The number of rotatable bonds is 6. The number of benzene rings is 1. The number of carbonyl (C=O) groups excluding carboxylic acids is 3. The molecule has 1 saturated carbocycles. The quantitative estimate of drug-likeness (QED) is 0.749. The van der Waals surface area contributed by atoms with Crippen LogP contribution in [-0.2, 0) is 9.59 Å². The molecule has 156 valence electrons. The second-order valence-corrected chi connectivity index (χ2v) is 9.48. The van der Waals surface area contributed by atoms with E-state index in [0.29, 0.717) is 11.3 Å². The van der Waals surface area contributed by atoms with Crippen LogP contribution in [0.15, 0.2) is 24.3 Å². The van der Waals surface area contributed by atoms with Gasteiger partial charge in [-0.1, -0.05) is 51.3 Å². The zero-order valence-corrected chi connectivity index (χ0v) is 17.8. The fourth-order valence-corrected chi connectivity index (χ4v) is 6.02. The van der Waals surface area contributed by atoms with E-state index in [2.05, 4.69) is 10.6 Å². The van der Waals surface area contributed by atoms with Crippen molar-refractivity contribution in [2.75, 3.05) is 5.75 Å². The van der Waals surface area contributed by atoms with Crippen molar-refractivity contribution in [1.29, 1.82) is 0 Å². The van der Waals surface area contributed by atoms with E-state index in [0.717, 1.165) is 37.7 Å². The maximum Gasteiger partial charge on any atom is 0.256 e. The Hall–Kier alpha value is -2.02. The standard InChI is InChI=1S/C22H29N3O3S/c1-3-13(2)18(20(27)23-14-8-4-5-9-14)24-19(26)17-12-29-22-16-11-7-6-10-15(16)21(28)25(17)22/h6-7,10-11,13-14,17-18,22H,3-5,8-9,12H2,1-2H3,(H,23,27)(H,24,26)/t13?,17-,18-,22?/m0/s1. The maximum absolute atomic E-state index is 13.2. The van der Waals surface area contributed by atoms with Gasteiger partial charge in [0.1, 0.15) is 17.5 Å². The van der Waals surface area contributed by atoms with Crippen molar-refractivity contribution >= 4 is 29.5 Å². The van der Waals surface area contributed by atoms with Crippen LogP contribution >= 0.6 is 11.8 Å². The number of carbonyl (C=O) groups is 3. The van der Waals surface area contributed by atoms with Gasteiger partial charge in [0.05, 0.1) is 0 Å². The minimum Gasteiger partial charge on any atom is -0.352 e. The van der Waals surface area contributed by atoms with Crippen molar-refractivity contribution in [2.24, 2.45) is 5.92 Å². The fourth-order valence-electron chi connectivity index (χ4n) is 4.55. The molecule has 1 saturated heterocycles. The lowest BCUT2D eigenvalue weighted by molar-refractivity contribution is -0.132. The van der Waals surface area contributed by atoms with Crippen molar-refractivity contribution in [3.8, 4) is 0 Å². The molecule has 2 heterocycles. The summed E-state index contributed by atoms with van der Waals surface area (Å²) < 4.78 is 0. The van der Waals surface area contributed by atoms with Gasteiger partial charge in [-0.25, -0.2) is 0 Å². The minimum atomic E-state index is -0.572. The summed E-state index contributed by atoms with van der Waals surface area (Å²) in [5, 5.41) is 6.00. The summed E-state index contributed by atoms with van der Waals surface area (Å²) in [5.74, 6) is 0.155. The van der Waals surface area contributed by atoms with Gasteiger partial charge >= 0.3 is 0 Å². The van der Waals surface area contributed by atoms with Gasteiger partial charge in [0.15, 0.2) is 0 Å². The van der Waals surface area contributed by atoms with E-state index >= 15 is 0 Å². The van der Waals surface area contributed by atoms with Crippen LogP contribution in [0.1, 0.15) is 67.2 Å². The minimum absolute atomic E-state index is 0.0247. The zero-order valence-electron chi connectivity index (χ0n) is 17.0. The first kappa shape index (κ1) is 20.3. The van der Waals surface area contributed by atoms with Crippen molar-refractivity contribution < 1.29 is 14.4 Å². The molecule has 1 aromatic carbocycles. The Bertz CT molecular complexity index is 808. The highest BCUT2D eigenvalue weighted by Crippen LogP contribution is 2.48. The molecule has 0 bridgehead atoms. The SMILES string of the molecule is CCC(C)[C@H](NC(=O)[C@@H]1CSC2c3ccccc3C(=O)N21)C(=O)NC1CCCC1. The number of fused-ring (bicyclic) bond motifs is 3. The molecule has 3 amide bonds. The van der Waals surface area contributed by atoms with E-state index in [-0.39, 0.29) is 35.1 Å². The molecule has 29 heavy (non-hydrogen) atoms. The molecule has 0 aromatic heterocycles. The number of hydrogen-bond donors (Lipinski definition) is 2. The third kappa shape index (κ3) is 3.77. The number of amides is 3. The Kier molecular flexibility index (Phi) is 5.86. The second-order valence-electron chi connectivity index (χ2n) is 8.36. The van der Waals surface area contributed by atoms with Crippen molar-refractivity contribution in [1.82, 2.24) is 15.5 Å². The summed E-state index contributed by atoms with van der Waals surface area (Å²) in [7, 11) is 0. The van der Waals surface area contributed by atoms with Gasteiger partial charge in [-0.2, -0.15) is 0 Å². The van der Waals surface area contributed by atoms with Crippen LogP contribution in [0.25, 0.3) is 0 Å². The maximum atomic E-state index is 13.2. The average molecular weight is 416 g/mol. The zero-order chi connectivity index (χ0) is 20.5. The first-order valence-electron chi connectivity index (χ1n) is 10.6. The predicted molar refractivity (Wildman–Crippen MR) is 113 cm³/mol. The van der Waals surface area contributed by atoms with Crippen LogP contribution in [0, 0.1) is 5.92 Å². The fraction of sp³-hybridized carbons (Fsp3) is 0.591. The number of nitrogens with one attached hydrogen (secondary N) is 2. The van der Waals surface area contributed by atoms with Crippen LogP contribution in [0.4, 0.5) is 0 Å². The average Bonchev–Trinajstić information content (AvgIpc) is 3.45. The molecular formula is C22H29N3O3S. The molecule has 6 nitrogen and oxygen atoms in total. The highest BCUT2D eigenvalue weighted by molar-refractivity contribution is 7.99. The molecule has 2 aliphatic heterocycles. The summed E-state index contributed by atoms with van der Waals surface area (Å²) in [4.78, 5) is 40.6. The van der Waals surface area contributed by atoms with Crippen LogP contribution < -0.4 is 10.6 Å². The van der Waals surface area contributed by atoms with Gasteiger partial charge in [-0.05, 0) is 30.4 Å². The molecule has 1 aliphatic carbocycles. The first-order chi connectivity index (χ1) is 14.0. The summed E-state index contributed by atoms with van der Waals surface area (Å²) in [6, 6.07) is 6.66. The number of thioether (sulfide) groups is 1. The van der Waals surface area contributed by atoms with Crippen LogP contribution in [0.3, 0.4) is 0 Å². The molecule has 0 spiro atoms. The highest BCUT2D eigenvalue weighted by Gasteiger charge is 2.48. The predicted octanol–water partition coefficient (Wildman–Crippen LogP) is 2.85. The third-order valence-corrected chi connectivity index (χ3v) is 7.79. The number of hydrogen-bond acceptors (Lipinski definition) is 4. The molecule has 2 fully saturated rings. The third-order valence-electron chi connectivity index (χ3n) is 6.49. The van der Waals surface area contributed by atoms with E-state index in [1.165, 1.54) is 0 Å². The molecule has 2 unspecified atom stereocenters. The van der Waals surface area contributed by atoms with Gasteiger partial charge in [0.2, 0.25) is 11.8 Å². The first-order valence-corrected chi connectivity index (χ1v) is 11.7. The van der Waals surface area contributed by atoms with Crippen LogP contribution in [0.5, 0.6) is 0 Å². The van der Waals surface area contributed by atoms with Gasteiger partial charge in [-0.15, -0.1) is 11.8 Å². The normalized spacial score (nSPS) is 25.4. The van der Waals surface area contributed by atoms with Crippen molar-refractivity contribution in [2.45, 2.75) is 69.5 Å². The Morgan fingerprint density at radius 2 is 1.97 bits per heavy atom. The Morgan fingerprint density at radius 3 is 2.69 bits per heavy atom. The topological polar surface area (TPSA) is 78.5 Å². The molecule has 4 atom stereocenters. The van der Waals surface area contributed by atoms with E-state index in [9.17, 15) is 14.4 Å². The van der Waals surface area contributed by atoms with Crippen molar-refractivity contribution in [3.05, 3.63) is 35.4 Å². The van der Waals surface area contributed by atoms with E-state index in [1.54, 1.807) is 16.7 Å². The van der Waals surface area contributed by atoms with Crippen molar-refractivity contribution in [3.63, 3.8) is 0 Å².